The average molecular weight is 350 g/mol. The minimum absolute atomic E-state index is 0.430. The third kappa shape index (κ3) is 2.95. The molecule has 2 heterocycles. The van der Waals surface area contributed by atoms with Gasteiger partial charge in [-0.2, -0.15) is 0 Å². The zero-order valence-electron chi connectivity index (χ0n) is 13.7. The van der Waals surface area contributed by atoms with Gasteiger partial charge in [-0.1, -0.05) is 42.5 Å². The number of ether oxygens (including phenoxy) is 2. The summed E-state index contributed by atoms with van der Waals surface area (Å²) in [5, 5.41) is 14.2. The van der Waals surface area contributed by atoms with Crippen LogP contribution < -0.4 is 15.2 Å². The van der Waals surface area contributed by atoms with E-state index in [1.807, 2.05) is 18.2 Å². The molecule has 1 N–H and O–H groups in total. The lowest BCUT2D eigenvalue weighted by Gasteiger charge is -2.25. The quantitative estimate of drug-likeness (QED) is 0.830. The van der Waals surface area contributed by atoms with Gasteiger partial charge >= 0.3 is 0 Å². The molecule has 1 saturated heterocycles. The Morgan fingerprint density at radius 3 is 2.31 bits per heavy atom. The Bertz CT molecular complexity index is 864. The predicted molar refractivity (Wildman–Crippen MR) is 91.4 cm³/mol. The van der Waals surface area contributed by atoms with Gasteiger partial charge in [-0.15, -0.1) is 0 Å². The van der Waals surface area contributed by atoms with Crippen LogP contribution in [0.3, 0.4) is 0 Å². The normalized spacial score (nSPS) is 25.8. The molecule has 4 rings (SSSR count). The Morgan fingerprint density at radius 2 is 1.58 bits per heavy atom. The molecule has 6 heteroatoms. The molecule has 0 unspecified atom stereocenters. The maximum atomic E-state index is 12.8. The lowest BCUT2D eigenvalue weighted by molar-refractivity contribution is -0.313. The van der Waals surface area contributed by atoms with Gasteiger partial charge in [-0.05, 0) is 24.3 Å². The first-order chi connectivity index (χ1) is 12.6. The minimum atomic E-state index is -1.28. The molecule has 132 valence electrons. The first-order valence-corrected chi connectivity index (χ1v) is 8.31. The summed E-state index contributed by atoms with van der Waals surface area (Å²) in [5.74, 6) is -2.44. The van der Waals surface area contributed by atoms with E-state index in [0.717, 1.165) is 0 Å². The largest absolute Gasteiger partial charge is 0.550 e. The lowest BCUT2D eigenvalue weighted by Crippen LogP contribution is -2.45. The Hall–Kier alpha value is -3.12. The molecule has 6 nitrogen and oxygen atoms in total. The number of carbonyl (C=O) groups excluding carboxylic acids is 2. The van der Waals surface area contributed by atoms with E-state index in [1.54, 1.807) is 48.6 Å². The van der Waals surface area contributed by atoms with E-state index in [4.69, 9.17) is 9.47 Å². The number of nitrogens with one attached hydrogen (secondary N) is 1. The second-order valence-electron chi connectivity index (χ2n) is 6.22. The first kappa shape index (κ1) is 16.4. The number of carboxylic acids is 1. The maximum absolute atomic E-state index is 12.8. The van der Waals surface area contributed by atoms with E-state index in [0.29, 0.717) is 17.2 Å². The van der Waals surface area contributed by atoms with Crippen molar-refractivity contribution in [3.63, 3.8) is 0 Å². The average Bonchev–Trinajstić information content (AvgIpc) is 3.25. The fourth-order valence-corrected chi connectivity index (χ4v) is 3.39. The molecule has 2 aliphatic rings. The number of fused-ring (bicyclic) bond motifs is 2. The molecular weight excluding hydrogens is 334 g/mol. The molecule has 0 spiro atoms. The fraction of sp³-hybridized carbons (Fsp3) is 0.200. The summed E-state index contributed by atoms with van der Waals surface area (Å²) in [4.78, 5) is 24.2. The van der Waals surface area contributed by atoms with Crippen LogP contribution in [0.1, 0.15) is 0 Å². The van der Waals surface area contributed by atoms with Crippen molar-refractivity contribution in [2.24, 2.45) is 11.8 Å². The van der Waals surface area contributed by atoms with Gasteiger partial charge in [0.15, 0.2) is 5.75 Å². The predicted octanol–water partition coefficient (Wildman–Crippen LogP) is 1.74. The van der Waals surface area contributed by atoms with Crippen molar-refractivity contribution < 1.29 is 24.2 Å². The second kappa shape index (κ2) is 6.65. The van der Waals surface area contributed by atoms with Crippen molar-refractivity contribution in [1.82, 2.24) is 0 Å². The Kier molecular flexibility index (Phi) is 4.18. The van der Waals surface area contributed by atoms with Crippen LogP contribution in [0, 0.1) is 11.8 Å². The van der Waals surface area contributed by atoms with Gasteiger partial charge in [0.05, 0.1) is 23.8 Å². The zero-order chi connectivity index (χ0) is 18.1. The maximum Gasteiger partial charge on any atom is 0.231 e. The van der Waals surface area contributed by atoms with Gasteiger partial charge in [-0.25, -0.2) is 0 Å². The zero-order valence-corrected chi connectivity index (χ0v) is 13.7. The number of aliphatic carboxylic acids is 1. The summed E-state index contributed by atoms with van der Waals surface area (Å²) < 4.78 is 11.3. The highest BCUT2D eigenvalue weighted by Gasteiger charge is 2.50. The molecule has 2 aromatic rings. The topological polar surface area (TPSA) is 87.7 Å². The molecule has 26 heavy (non-hydrogen) atoms. The number of amides is 1. The van der Waals surface area contributed by atoms with Crippen LogP contribution in [0.4, 0.5) is 5.69 Å². The van der Waals surface area contributed by atoms with Gasteiger partial charge in [0.25, 0.3) is 0 Å². The molecule has 2 aliphatic heterocycles. The van der Waals surface area contributed by atoms with Crippen molar-refractivity contribution in [1.29, 1.82) is 0 Å². The van der Waals surface area contributed by atoms with Crippen molar-refractivity contribution in [3.05, 3.63) is 66.7 Å². The number of benzene rings is 2. The van der Waals surface area contributed by atoms with Crippen LogP contribution in [-0.4, -0.2) is 24.1 Å². The Labute approximate surface area is 150 Å². The summed E-state index contributed by atoms with van der Waals surface area (Å²) in [6, 6.07) is 16.2. The van der Waals surface area contributed by atoms with Crippen molar-refractivity contribution in [2.75, 3.05) is 5.32 Å². The first-order valence-electron chi connectivity index (χ1n) is 8.31. The standard InChI is InChI=1S/C20H17NO5/c22-19(17-15-10-11-16(26-15)18(17)20(23)24)21-13-8-4-5-9-14(13)25-12-6-2-1-3-7-12/h1-11,15-18H,(H,21,22)(H,23,24)/p-1/t15-,16+,17+,18-/m0/s1. The van der Waals surface area contributed by atoms with E-state index in [1.165, 1.54) is 0 Å². The van der Waals surface area contributed by atoms with Crippen molar-refractivity contribution in [2.45, 2.75) is 12.2 Å². The van der Waals surface area contributed by atoms with E-state index >= 15 is 0 Å². The SMILES string of the molecule is O=C([O-])[C@@H]1[C@H](C(=O)Nc2ccccc2Oc2ccccc2)[C@@H]2C=C[C@H]1O2. The highest BCUT2D eigenvalue weighted by Crippen LogP contribution is 2.40. The number of para-hydroxylation sites is 3. The fourth-order valence-electron chi connectivity index (χ4n) is 3.39. The molecular formula is C20H16NO5-. The summed E-state index contributed by atoms with van der Waals surface area (Å²) in [7, 11) is 0. The van der Waals surface area contributed by atoms with Crippen LogP contribution in [0.5, 0.6) is 11.5 Å². The summed E-state index contributed by atoms with van der Waals surface area (Å²) in [6.07, 6.45) is 2.23. The number of hydrogen-bond donors (Lipinski definition) is 1. The summed E-state index contributed by atoms with van der Waals surface area (Å²) in [5.41, 5.74) is 0.463. The molecule has 1 fully saturated rings. The molecule has 1 amide bonds. The van der Waals surface area contributed by atoms with E-state index in [2.05, 4.69) is 5.32 Å². The van der Waals surface area contributed by atoms with Crippen molar-refractivity contribution >= 4 is 17.6 Å². The van der Waals surface area contributed by atoms with Gasteiger partial charge in [0.1, 0.15) is 5.75 Å². The molecule has 0 aliphatic carbocycles. The Balaban J connectivity index is 1.55. The van der Waals surface area contributed by atoms with Crippen LogP contribution in [0.15, 0.2) is 66.7 Å². The van der Waals surface area contributed by atoms with Gasteiger partial charge in [0, 0.05) is 11.9 Å². The van der Waals surface area contributed by atoms with Gasteiger partial charge in [-0.3, -0.25) is 4.79 Å². The highest BCUT2D eigenvalue weighted by atomic mass is 16.5. The van der Waals surface area contributed by atoms with Gasteiger partial charge < -0.3 is 24.7 Å². The number of rotatable bonds is 5. The smallest absolute Gasteiger partial charge is 0.231 e. The summed E-state index contributed by atoms with van der Waals surface area (Å²) in [6.45, 7) is 0. The minimum Gasteiger partial charge on any atom is -0.550 e. The molecule has 0 saturated carbocycles. The molecule has 4 atom stereocenters. The van der Waals surface area contributed by atoms with Crippen LogP contribution in [0.2, 0.25) is 0 Å². The monoisotopic (exact) mass is 350 g/mol. The molecule has 2 aromatic carbocycles. The summed E-state index contributed by atoms with van der Waals surface area (Å²) >= 11 is 0. The van der Waals surface area contributed by atoms with E-state index in [-0.39, 0.29) is 0 Å². The Morgan fingerprint density at radius 1 is 0.923 bits per heavy atom. The number of carbonyl (C=O) groups is 2. The number of carboxylic acid groups (broad SMARTS) is 1. The van der Waals surface area contributed by atoms with Crippen molar-refractivity contribution in [3.8, 4) is 11.5 Å². The van der Waals surface area contributed by atoms with Gasteiger partial charge in [0.2, 0.25) is 5.91 Å². The van der Waals surface area contributed by atoms with E-state index in [9.17, 15) is 14.7 Å². The second-order valence-corrected chi connectivity index (χ2v) is 6.22. The number of anilines is 1. The molecule has 0 radical (unpaired) electrons. The highest BCUT2D eigenvalue weighted by molar-refractivity contribution is 5.97. The molecule has 0 aromatic heterocycles. The third-order valence-corrected chi connectivity index (χ3v) is 4.59. The van der Waals surface area contributed by atoms with Crippen LogP contribution >= 0.6 is 0 Å². The van der Waals surface area contributed by atoms with E-state index < -0.39 is 35.9 Å². The molecule has 2 bridgehead atoms. The lowest BCUT2D eigenvalue weighted by atomic mass is 9.82. The number of hydrogen-bond acceptors (Lipinski definition) is 5. The van der Waals surface area contributed by atoms with Crippen LogP contribution in [-0.2, 0) is 14.3 Å². The third-order valence-electron chi connectivity index (χ3n) is 4.59. The van der Waals surface area contributed by atoms with Crippen LogP contribution in [0.25, 0.3) is 0 Å².